The van der Waals surface area contributed by atoms with Crippen molar-refractivity contribution in [1.29, 1.82) is 0 Å². The lowest BCUT2D eigenvalue weighted by molar-refractivity contribution is -0.137. The molecular formula is C19H27N3O2. The molecule has 0 bridgehead atoms. The standard InChI is InChI=1S/C19H27N3O2/c1-15(20-18(23)16-7-5-8-16)19(24)22-12-6-11-21(13-14-22)17-9-3-2-4-10-17/h2-4,9-10,15-16H,5-8,11-14H2,1H3,(H,20,23). The summed E-state index contributed by atoms with van der Waals surface area (Å²) >= 11 is 0. The van der Waals surface area contributed by atoms with Crippen LogP contribution in [-0.2, 0) is 9.59 Å². The second kappa shape index (κ2) is 7.69. The predicted octanol–water partition coefficient (Wildman–Crippen LogP) is 2.03. The molecule has 0 aromatic heterocycles. The molecule has 130 valence electrons. The number of para-hydroxylation sites is 1. The lowest BCUT2D eigenvalue weighted by atomic mass is 9.84. The molecule has 1 aromatic rings. The summed E-state index contributed by atoms with van der Waals surface area (Å²) in [5.74, 6) is 0.207. The number of carbonyl (C=O) groups excluding carboxylic acids is 2. The highest BCUT2D eigenvalue weighted by atomic mass is 16.2. The zero-order valence-corrected chi connectivity index (χ0v) is 14.4. The fourth-order valence-electron chi connectivity index (χ4n) is 3.37. The van der Waals surface area contributed by atoms with E-state index < -0.39 is 6.04 Å². The zero-order valence-electron chi connectivity index (χ0n) is 14.4. The summed E-state index contributed by atoms with van der Waals surface area (Å²) < 4.78 is 0. The van der Waals surface area contributed by atoms with Gasteiger partial charge in [-0.25, -0.2) is 0 Å². The summed E-state index contributed by atoms with van der Waals surface area (Å²) in [4.78, 5) is 28.9. The van der Waals surface area contributed by atoms with E-state index in [0.29, 0.717) is 6.54 Å². The number of nitrogens with one attached hydrogen (secondary N) is 1. The third-order valence-electron chi connectivity index (χ3n) is 5.13. The van der Waals surface area contributed by atoms with Crippen LogP contribution in [0.2, 0.25) is 0 Å². The highest BCUT2D eigenvalue weighted by Crippen LogP contribution is 2.26. The van der Waals surface area contributed by atoms with E-state index in [0.717, 1.165) is 45.3 Å². The first kappa shape index (κ1) is 16.8. The van der Waals surface area contributed by atoms with Gasteiger partial charge in [-0.2, -0.15) is 0 Å². The fraction of sp³-hybridized carbons (Fsp3) is 0.579. The number of amides is 2. The van der Waals surface area contributed by atoms with E-state index in [2.05, 4.69) is 22.3 Å². The predicted molar refractivity (Wildman–Crippen MR) is 94.8 cm³/mol. The normalized spacial score (nSPS) is 20.0. The van der Waals surface area contributed by atoms with Gasteiger partial charge in [0.25, 0.3) is 0 Å². The van der Waals surface area contributed by atoms with Gasteiger partial charge in [-0.1, -0.05) is 24.6 Å². The molecule has 1 aliphatic heterocycles. The smallest absolute Gasteiger partial charge is 0.244 e. The molecule has 0 spiro atoms. The van der Waals surface area contributed by atoms with Gasteiger partial charge in [0.15, 0.2) is 0 Å². The van der Waals surface area contributed by atoms with E-state index >= 15 is 0 Å². The largest absolute Gasteiger partial charge is 0.370 e. The van der Waals surface area contributed by atoms with E-state index in [9.17, 15) is 9.59 Å². The second-order valence-electron chi connectivity index (χ2n) is 6.86. The van der Waals surface area contributed by atoms with Crippen LogP contribution in [0.1, 0.15) is 32.6 Å². The fourth-order valence-corrected chi connectivity index (χ4v) is 3.37. The summed E-state index contributed by atoms with van der Waals surface area (Å²) in [6.45, 7) is 5.05. The Morgan fingerprint density at radius 1 is 1.04 bits per heavy atom. The number of hydrogen-bond donors (Lipinski definition) is 1. The minimum atomic E-state index is -0.429. The van der Waals surface area contributed by atoms with Crippen molar-refractivity contribution in [1.82, 2.24) is 10.2 Å². The Balaban J connectivity index is 1.53. The van der Waals surface area contributed by atoms with E-state index in [1.54, 1.807) is 6.92 Å². The average Bonchev–Trinajstić information content (AvgIpc) is 2.79. The number of hydrogen-bond acceptors (Lipinski definition) is 3. The van der Waals surface area contributed by atoms with Crippen LogP contribution in [0.25, 0.3) is 0 Å². The van der Waals surface area contributed by atoms with E-state index in [1.807, 2.05) is 23.1 Å². The highest BCUT2D eigenvalue weighted by molar-refractivity contribution is 5.88. The molecule has 1 atom stereocenters. The molecule has 1 aromatic carbocycles. The second-order valence-corrected chi connectivity index (χ2v) is 6.86. The summed E-state index contributed by atoms with van der Waals surface area (Å²) in [5.41, 5.74) is 1.21. The Morgan fingerprint density at radius 3 is 2.46 bits per heavy atom. The average molecular weight is 329 g/mol. The van der Waals surface area contributed by atoms with Crippen LogP contribution in [0.3, 0.4) is 0 Å². The Kier molecular flexibility index (Phi) is 5.38. The van der Waals surface area contributed by atoms with Crippen LogP contribution in [0.15, 0.2) is 30.3 Å². The van der Waals surface area contributed by atoms with Crippen molar-refractivity contribution < 1.29 is 9.59 Å². The first-order chi connectivity index (χ1) is 11.6. The molecule has 1 saturated carbocycles. The van der Waals surface area contributed by atoms with Crippen molar-refractivity contribution in [2.24, 2.45) is 5.92 Å². The van der Waals surface area contributed by atoms with Crippen molar-refractivity contribution in [3.8, 4) is 0 Å². The van der Waals surface area contributed by atoms with Crippen LogP contribution in [-0.4, -0.2) is 48.9 Å². The minimum Gasteiger partial charge on any atom is -0.370 e. The van der Waals surface area contributed by atoms with Gasteiger partial charge in [-0.05, 0) is 38.3 Å². The van der Waals surface area contributed by atoms with Gasteiger partial charge < -0.3 is 15.1 Å². The minimum absolute atomic E-state index is 0.0394. The Bertz CT molecular complexity index is 571. The van der Waals surface area contributed by atoms with Gasteiger partial charge >= 0.3 is 0 Å². The van der Waals surface area contributed by atoms with Crippen molar-refractivity contribution >= 4 is 17.5 Å². The summed E-state index contributed by atoms with van der Waals surface area (Å²) in [5, 5.41) is 2.90. The van der Waals surface area contributed by atoms with E-state index in [-0.39, 0.29) is 17.7 Å². The third-order valence-corrected chi connectivity index (χ3v) is 5.13. The van der Waals surface area contributed by atoms with Crippen LogP contribution < -0.4 is 10.2 Å². The number of benzene rings is 1. The third kappa shape index (κ3) is 3.89. The molecule has 2 aliphatic rings. The maximum absolute atomic E-state index is 12.7. The first-order valence-electron chi connectivity index (χ1n) is 9.04. The molecule has 1 aliphatic carbocycles. The molecule has 3 rings (SSSR count). The number of rotatable bonds is 4. The van der Waals surface area contributed by atoms with Crippen LogP contribution in [0, 0.1) is 5.92 Å². The van der Waals surface area contributed by atoms with Crippen LogP contribution >= 0.6 is 0 Å². The lowest BCUT2D eigenvalue weighted by Crippen LogP contribution is -2.50. The van der Waals surface area contributed by atoms with E-state index in [4.69, 9.17) is 0 Å². The van der Waals surface area contributed by atoms with Gasteiger partial charge in [0.1, 0.15) is 6.04 Å². The monoisotopic (exact) mass is 329 g/mol. The van der Waals surface area contributed by atoms with Crippen molar-refractivity contribution in [3.05, 3.63) is 30.3 Å². The SMILES string of the molecule is CC(NC(=O)C1CCC1)C(=O)N1CCCN(c2ccccc2)CC1. The van der Waals surface area contributed by atoms with Crippen molar-refractivity contribution in [3.63, 3.8) is 0 Å². The van der Waals surface area contributed by atoms with Gasteiger partial charge in [0.2, 0.25) is 11.8 Å². The van der Waals surface area contributed by atoms with Gasteiger partial charge in [0.05, 0.1) is 0 Å². The zero-order chi connectivity index (χ0) is 16.9. The maximum Gasteiger partial charge on any atom is 0.244 e. The summed E-state index contributed by atoms with van der Waals surface area (Å²) in [6, 6.07) is 9.89. The van der Waals surface area contributed by atoms with Gasteiger partial charge in [0, 0.05) is 37.8 Å². The molecule has 2 amide bonds. The highest BCUT2D eigenvalue weighted by Gasteiger charge is 2.29. The quantitative estimate of drug-likeness (QED) is 0.919. The topological polar surface area (TPSA) is 52.7 Å². The van der Waals surface area contributed by atoms with Crippen molar-refractivity contribution in [2.75, 3.05) is 31.1 Å². The Hall–Kier alpha value is -2.04. The number of carbonyl (C=O) groups is 2. The lowest BCUT2D eigenvalue weighted by Gasteiger charge is -2.29. The maximum atomic E-state index is 12.7. The molecule has 1 N–H and O–H groups in total. The van der Waals surface area contributed by atoms with E-state index in [1.165, 1.54) is 5.69 Å². The van der Waals surface area contributed by atoms with Gasteiger partial charge in [-0.3, -0.25) is 9.59 Å². The van der Waals surface area contributed by atoms with Crippen molar-refractivity contribution in [2.45, 2.75) is 38.6 Å². The van der Waals surface area contributed by atoms with Gasteiger partial charge in [-0.15, -0.1) is 0 Å². The molecule has 5 nitrogen and oxygen atoms in total. The first-order valence-corrected chi connectivity index (χ1v) is 9.04. The van der Waals surface area contributed by atoms with Crippen LogP contribution in [0.5, 0.6) is 0 Å². The molecular weight excluding hydrogens is 302 g/mol. The Labute approximate surface area is 144 Å². The molecule has 1 saturated heterocycles. The molecule has 24 heavy (non-hydrogen) atoms. The number of nitrogens with zero attached hydrogens (tertiary/aromatic N) is 2. The van der Waals surface area contributed by atoms with Crippen LogP contribution in [0.4, 0.5) is 5.69 Å². The molecule has 5 heteroatoms. The molecule has 1 unspecified atom stereocenters. The molecule has 1 heterocycles. The molecule has 2 fully saturated rings. The number of anilines is 1. The summed E-state index contributed by atoms with van der Waals surface area (Å²) in [6.07, 6.45) is 4.00. The summed E-state index contributed by atoms with van der Waals surface area (Å²) in [7, 11) is 0. The Morgan fingerprint density at radius 2 is 1.79 bits per heavy atom. The molecule has 0 radical (unpaired) electrons.